The summed E-state index contributed by atoms with van der Waals surface area (Å²) < 4.78 is 0. The summed E-state index contributed by atoms with van der Waals surface area (Å²) in [5.74, 6) is 0.500. The molecule has 2 fully saturated rings. The van der Waals surface area contributed by atoms with Crippen LogP contribution >= 0.6 is 0 Å². The standard InChI is InChI=1S/C16H30N4O2/c1-18-7-4-13-5-9-19(10-6-13)12-15(21)20-8-2-3-14(11-20)16(17)22/h13-14,18H,2-12H2,1H3,(H2,17,22). The van der Waals surface area contributed by atoms with E-state index in [0.29, 0.717) is 13.1 Å². The molecule has 0 saturated carbocycles. The minimum atomic E-state index is -0.275. The summed E-state index contributed by atoms with van der Waals surface area (Å²) in [6, 6.07) is 0. The van der Waals surface area contributed by atoms with Crippen LogP contribution in [-0.2, 0) is 9.59 Å². The van der Waals surface area contributed by atoms with Crippen LogP contribution in [-0.4, -0.2) is 67.9 Å². The summed E-state index contributed by atoms with van der Waals surface area (Å²) in [5.41, 5.74) is 5.38. The monoisotopic (exact) mass is 310 g/mol. The van der Waals surface area contributed by atoms with Crippen LogP contribution in [0.5, 0.6) is 0 Å². The van der Waals surface area contributed by atoms with Crippen molar-refractivity contribution in [1.29, 1.82) is 0 Å². The number of likely N-dealkylation sites (tertiary alicyclic amines) is 2. The van der Waals surface area contributed by atoms with Gasteiger partial charge in [-0.3, -0.25) is 14.5 Å². The Morgan fingerprint density at radius 2 is 1.91 bits per heavy atom. The summed E-state index contributed by atoms with van der Waals surface area (Å²) in [6.07, 6.45) is 5.28. The highest BCUT2D eigenvalue weighted by molar-refractivity contribution is 5.81. The maximum absolute atomic E-state index is 12.4. The van der Waals surface area contributed by atoms with Gasteiger partial charge >= 0.3 is 0 Å². The molecule has 2 aliphatic heterocycles. The van der Waals surface area contributed by atoms with Gasteiger partial charge in [-0.1, -0.05) is 0 Å². The number of rotatable bonds is 6. The van der Waals surface area contributed by atoms with Gasteiger partial charge in [-0.25, -0.2) is 0 Å². The Labute approximate surface area is 133 Å². The molecule has 6 nitrogen and oxygen atoms in total. The zero-order valence-corrected chi connectivity index (χ0v) is 13.7. The Hall–Kier alpha value is -1.14. The van der Waals surface area contributed by atoms with E-state index in [0.717, 1.165) is 44.9 Å². The molecule has 2 saturated heterocycles. The van der Waals surface area contributed by atoms with Gasteiger partial charge in [-0.2, -0.15) is 0 Å². The number of nitrogens with zero attached hydrogens (tertiary/aromatic N) is 2. The fraction of sp³-hybridized carbons (Fsp3) is 0.875. The van der Waals surface area contributed by atoms with Crippen molar-refractivity contribution in [2.45, 2.75) is 32.1 Å². The van der Waals surface area contributed by atoms with Crippen LogP contribution in [0.15, 0.2) is 0 Å². The molecular weight excluding hydrogens is 280 g/mol. The van der Waals surface area contributed by atoms with Gasteiger partial charge in [-0.15, -0.1) is 0 Å². The number of carbonyl (C=O) groups is 2. The first-order valence-corrected chi connectivity index (χ1v) is 8.54. The average molecular weight is 310 g/mol. The second-order valence-corrected chi connectivity index (χ2v) is 6.69. The van der Waals surface area contributed by atoms with E-state index in [2.05, 4.69) is 10.2 Å². The highest BCUT2D eigenvalue weighted by Crippen LogP contribution is 2.21. The van der Waals surface area contributed by atoms with Gasteiger partial charge in [-0.05, 0) is 64.7 Å². The zero-order valence-electron chi connectivity index (χ0n) is 13.7. The number of primary amides is 1. The largest absolute Gasteiger partial charge is 0.369 e. The third kappa shape index (κ3) is 4.95. The Bertz CT molecular complexity index is 380. The number of piperidine rings is 2. The van der Waals surface area contributed by atoms with Gasteiger partial charge in [0.05, 0.1) is 12.5 Å². The molecule has 0 spiro atoms. The molecule has 1 atom stereocenters. The number of nitrogens with two attached hydrogens (primary N) is 1. The molecule has 22 heavy (non-hydrogen) atoms. The van der Waals surface area contributed by atoms with E-state index in [1.165, 1.54) is 19.3 Å². The van der Waals surface area contributed by atoms with Crippen LogP contribution in [0.4, 0.5) is 0 Å². The summed E-state index contributed by atoms with van der Waals surface area (Å²) in [4.78, 5) is 27.8. The van der Waals surface area contributed by atoms with E-state index in [1.54, 1.807) is 0 Å². The molecule has 2 heterocycles. The highest BCUT2D eigenvalue weighted by Gasteiger charge is 2.28. The number of carbonyl (C=O) groups excluding carboxylic acids is 2. The van der Waals surface area contributed by atoms with Crippen LogP contribution in [0.25, 0.3) is 0 Å². The second kappa shape index (κ2) is 8.48. The van der Waals surface area contributed by atoms with E-state index < -0.39 is 0 Å². The molecule has 1 unspecified atom stereocenters. The first-order valence-electron chi connectivity index (χ1n) is 8.54. The van der Waals surface area contributed by atoms with Crippen LogP contribution < -0.4 is 11.1 Å². The lowest BCUT2D eigenvalue weighted by molar-refractivity contribution is -0.136. The lowest BCUT2D eigenvalue weighted by Gasteiger charge is -2.35. The lowest BCUT2D eigenvalue weighted by Crippen LogP contribution is -2.48. The Morgan fingerprint density at radius 1 is 1.18 bits per heavy atom. The molecule has 0 radical (unpaired) electrons. The first kappa shape index (κ1) is 17.2. The van der Waals surface area contributed by atoms with Crippen molar-refractivity contribution in [2.75, 3.05) is 46.3 Å². The molecule has 2 aliphatic rings. The summed E-state index contributed by atoms with van der Waals surface area (Å²) in [6.45, 7) is 4.85. The first-order chi connectivity index (χ1) is 10.6. The fourth-order valence-corrected chi connectivity index (χ4v) is 3.51. The average Bonchev–Trinajstić information content (AvgIpc) is 2.54. The molecule has 6 heteroatoms. The van der Waals surface area contributed by atoms with E-state index in [4.69, 9.17) is 5.73 Å². The maximum atomic E-state index is 12.4. The van der Waals surface area contributed by atoms with Gasteiger partial charge in [0.25, 0.3) is 0 Å². The van der Waals surface area contributed by atoms with Crippen molar-refractivity contribution < 1.29 is 9.59 Å². The number of nitrogens with one attached hydrogen (secondary N) is 1. The third-order valence-corrected chi connectivity index (χ3v) is 5.05. The van der Waals surface area contributed by atoms with Gasteiger partial charge in [0.1, 0.15) is 0 Å². The van der Waals surface area contributed by atoms with Crippen molar-refractivity contribution in [3.63, 3.8) is 0 Å². The van der Waals surface area contributed by atoms with E-state index in [-0.39, 0.29) is 17.7 Å². The smallest absolute Gasteiger partial charge is 0.236 e. The maximum Gasteiger partial charge on any atom is 0.236 e. The van der Waals surface area contributed by atoms with E-state index in [9.17, 15) is 9.59 Å². The van der Waals surface area contributed by atoms with Crippen LogP contribution in [0.1, 0.15) is 32.1 Å². The van der Waals surface area contributed by atoms with Crippen molar-refractivity contribution >= 4 is 11.8 Å². The number of hydrogen-bond donors (Lipinski definition) is 2. The molecule has 0 aromatic rings. The molecular formula is C16H30N4O2. The Balaban J connectivity index is 1.72. The SMILES string of the molecule is CNCCC1CCN(CC(=O)N2CCCC(C(N)=O)C2)CC1. The van der Waals surface area contributed by atoms with Gasteiger partial charge in [0.15, 0.2) is 0 Å². The molecule has 2 amide bonds. The van der Waals surface area contributed by atoms with E-state index in [1.807, 2.05) is 11.9 Å². The zero-order chi connectivity index (χ0) is 15.9. The summed E-state index contributed by atoms with van der Waals surface area (Å²) in [7, 11) is 1.99. The molecule has 126 valence electrons. The molecule has 0 aliphatic carbocycles. The third-order valence-electron chi connectivity index (χ3n) is 5.05. The van der Waals surface area contributed by atoms with Crippen LogP contribution in [0.3, 0.4) is 0 Å². The number of hydrogen-bond acceptors (Lipinski definition) is 4. The Morgan fingerprint density at radius 3 is 2.55 bits per heavy atom. The Kier molecular flexibility index (Phi) is 6.64. The van der Waals surface area contributed by atoms with Crippen molar-refractivity contribution in [3.8, 4) is 0 Å². The van der Waals surface area contributed by atoms with Gasteiger partial charge < -0.3 is 16.0 Å². The second-order valence-electron chi connectivity index (χ2n) is 6.69. The minimum absolute atomic E-state index is 0.152. The van der Waals surface area contributed by atoms with Crippen LogP contribution in [0, 0.1) is 11.8 Å². The minimum Gasteiger partial charge on any atom is -0.369 e. The molecule has 0 bridgehead atoms. The van der Waals surface area contributed by atoms with Crippen molar-refractivity contribution in [2.24, 2.45) is 17.6 Å². The molecule has 3 N–H and O–H groups in total. The highest BCUT2D eigenvalue weighted by atomic mass is 16.2. The van der Waals surface area contributed by atoms with Gasteiger partial charge in [0, 0.05) is 13.1 Å². The van der Waals surface area contributed by atoms with Crippen molar-refractivity contribution in [1.82, 2.24) is 15.1 Å². The van der Waals surface area contributed by atoms with Crippen molar-refractivity contribution in [3.05, 3.63) is 0 Å². The fourth-order valence-electron chi connectivity index (χ4n) is 3.51. The summed E-state index contributed by atoms with van der Waals surface area (Å²) >= 11 is 0. The lowest BCUT2D eigenvalue weighted by atomic mass is 9.93. The normalized spacial score (nSPS) is 24.4. The predicted octanol–water partition coefficient (Wildman–Crippen LogP) is 0.0318. The van der Waals surface area contributed by atoms with E-state index >= 15 is 0 Å². The number of amides is 2. The molecule has 0 aromatic heterocycles. The summed E-state index contributed by atoms with van der Waals surface area (Å²) in [5, 5.41) is 3.20. The predicted molar refractivity (Wildman–Crippen MR) is 86.2 cm³/mol. The topological polar surface area (TPSA) is 78.7 Å². The van der Waals surface area contributed by atoms with Crippen LogP contribution in [0.2, 0.25) is 0 Å². The molecule has 2 rings (SSSR count). The molecule has 0 aromatic carbocycles. The quantitative estimate of drug-likeness (QED) is 0.725. The van der Waals surface area contributed by atoms with Gasteiger partial charge in [0.2, 0.25) is 11.8 Å².